The molecule has 6 nitrogen and oxygen atoms in total. The number of rotatable bonds is 3. The van der Waals surface area contributed by atoms with Gasteiger partial charge in [0.2, 0.25) is 0 Å². The van der Waals surface area contributed by atoms with Crippen LogP contribution in [0.3, 0.4) is 0 Å². The minimum Gasteiger partial charge on any atom is -0.485 e. The minimum atomic E-state index is -1.06. The summed E-state index contributed by atoms with van der Waals surface area (Å²) in [6.45, 7) is 5.43. The van der Waals surface area contributed by atoms with Crippen LogP contribution in [-0.2, 0) is 4.79 Å². The molecule has 0 atom stereocenters. The second-order valence-corrected chi connectivity index (χ2v) is 5.29. The van der Waals surface area contributed by atoms with Crippen molar-refractivity contribution < 1.29 is 24.2 Å². The van der Waals surface area contributed by atoms with Crippen molar-refractivity contribution in [3.8, 4) is 11.5 Å². The van der Waals surface area contributed by atoms with Crippen LogP contribution in [0.25, 0.3) is 0 Å². The van der Waals surface area contributed by atoms with E-state index in [2.05, 4.69) is 5.32 Å². The van der Waals surface area contributed by atoms with Gasteiger partial charge in [-0.3, -0.25) is 4.79 Å². The van der Waals surface area contributed by atoms with Crippen LogP contribution in [0, 0.1) is 6.92 Å². The van der Waals surface area contributed by atoms with Gasteiger partial charge in [-0.05, 0) is 32.9 Å². The number of ether oxygens (including phenoxy) is 2. The van der Waals surface area contributed by atoms with Crippen molar-refractivity contribution in [2.24, 2.45) is 0 Å². The van der Waals surface area contributed by atoms with Gasteiger partial charge in [-0.2, -0.15) is 0 Å². The van der Waals surface area contributed by atoms with E-state index in [4.69, 9.17) is 14.6 Å². The van der Waals surface area contributed by atoms with E-state index in [9.17, 15) is 9.59 Å². The lowest BCUT2D eigenvalue weighted by Gasteiger charge is -2.25. The van der Waals surface area contributed by atoms with Crippen molar-refractivity contribution in [3.63, 3.8) is 0 Å². The van der Waals surface area contributed by atoms with Gasteiger partial charge in [0.25, 0.3) is 5.91 Å². The lowest BCUT2D eigenvalue weighted by Crippen LogP contribution is -2.39. The zero-order valence-corrected chi connectivity index (χ0v) is 11.6. The molecule has 20 heavy (non-hydrogen) atoms. The van der Waals surface area contributed by atoms with E-state index in [0.29, 0.717) is 29.2 Å². The molecule has 0 radical (unpaired) electrons. The number of benzene rings is 1. The van der Waals surface area contributed by atoms with Crippen molar-refractivity contribution >= 4 is 11.9 Å². The van der Waals surface area contributed by atoms with E-state index in [-0.39, 0.29) is 5.91 Å². The van der Waals surface area contributed by atoms with Gasteiger partial charge in [-0.1, -0.05) is 0 Å². The van der Waals surface area contributed by atoms with Crippen molar-refractivity contribution in [2.75, 3.05) is 13.2 Å². The molecular weight excluding hydrogens is 262 g/mol. The van der Waals surface area contributed by atoms with E-state index in [1.165, 1.54) is 0 Å². The molecular formula is C14H17NO5. The van der Waals surface area contributed by atoms with Gasteiger partial charge in [-0.15, -0.1) is 0 Å². The number of carbonyl (C=O) groups excluding carboxylic acids is 1. The molecule has 108 valence electrons. The Labute approximate surface area is 116 Å². The fourth-order valence-electron chi connectivity index (χ4n) is 1.98. The second kappa shape index (κ2) is 5.03. The highest BCUT2D eigenvalue weighted by atomic mass is 16.5. The van der Waals surface area contributed by atoms with Gasteiger partial charge < -0.3 is 19.9 Å². The number of carboxylic acid groups (broad SMARTS) is 1. The first-order chi connectivity index (χ1) is 9.30. The molecule has 1 aromatic rings. The average Bonchev–Trinajstić information content (AvgIpc) is 2.47. The van der Waals surface area contributed by atoms with Crippen LogP contribution in [0.5, 0.6) is 11.5 Å². The molecule has 2 N–H and O–H groups in total. The molecule has 0 aromatic heterocycles. The van der Waals surface area contributed by atoms with Crippen molar-refractivity contribution in [2.45, 2.75) is 26.4 Å². The van der Waals surface area contributed by atoms with Crippen LogP contribution in [0.4, 0.5) is 0 Å². The highest BCUT2D eigenvalue weighted by Crippen LogP contribution is 2.35. The number of fused-ring (bicyclic) bond motifs is 1. The third-order valence-corrected chi connectivity index (χ3v) is 3.00. The van der Waals surface area contributed by atoms with Gasteiger partial charge in [0.1, 0.15) is 17.1 Å². The molecule has 0 bridgehead atoms. The van der Waals surface area contributed by atoms with Gasteiger partial charge in [0, 0.05) is 5.56 Å². The Hall–Kier alpha value is -2.24. The largest absolute Gasteiger partial charge is 0.485 e. The number of carboxylic acids is 1. The first-order valence-corrected chi connectivity index (χ1v) is 6.25. The number of hydrogen-bond acceptors (Lipinski definition) is 4. The van der Waals surface area contributed by atoms with Gasteiger partial charge >= 0.3 is 5.97 Å². The van der Waals surface area contributed by atoms with Gasteiger partial charge in [-0.25, -0.2) is 4.79 Å². The predicted octanol–water partition coefficient (Wildman–Crippen LogP) is 1.36. The number of nitrogens with one attached hydrogen (secondary N) is 1. The molecule has 1 aliphatic heterocycles. The Kier molecular flexibility index (Phi) is 3.57. The maximum absolute atomic E-state index is 12.0. The normalized spacial score (nSPS) is 16.4. The van der Waals surface area contributed by atoms with E-state index in [1.807, 2.05) is 13.8 Å². The third kappa shape index (κ3) is 2.84. The molecule has 6 heteroatoms. The fourth-order valence-corrected chi connectivity index (χ4v) is 1.98. The zero-order chi connectivity index (χ0) is 14.9. The van der Waals surface area contributed by atoms with E-state index in [0.717, 1.165) is 0 Å². The molecule has 0 fully saturated rings. The highest BCUT2D eigenvalue weighted by Gasteiger charge is 2.30. The Bertz CT molecular complexity index is 565. The maximum Gasteiger partial charge on any atom is 0.341 e. The summed E-state index contributed by atoms with van der Waals surface area (Å²) >= 11 is 0. The van der Waals surface area contributed by atoms with Crippen molar-refractivity contribution in [1.82, 2.24) is 5.32 Å². The van der Waals surface area contributed by atoms with Crippen LogP contribution < -0.4 is 14.8 Å². The first-order valence-electron chi connectivity index (χ1n) is 6.25. The van der Waals surface area contributed by atoms with Gasteiger partial charge in [0.05, 0.1) is 12.1 Å². The number of carbonyl (C=O) groups is 2. The number of aliphatic carboxylic acids is 1. The monoisotopic (exact) mass is 279 g/mol. The molecule has 0 saturated heterocycles. The topological polar surface area (TPSA) is 84.9 Å². The Balaban J connectivity index is 2.41. The molecule has 0 aliphatic carbocycles. The van der Waals surface area contributed by atoms with Gasteiger partial charge in [0.15, 0.2) is 6.61 Å². The first kappa shape index (κ1) is 14.2. The SMILES string of the molecule is Cc1c(OCC(=O)O)ccc2c1OC(C)(C)CNC2=O. The van der Waals surface area contributed by atoms with E-state index < -0.39 is 18.2 Å². The van der Waals surface area contributed by atoms with Crippen molar-refractivity contribution in [3.05, 3.63) is 23.3 Å². The molecule has 2 rings (SSSR count). The Morgan fingerprint density at radius 2 is 2.20 bits per heavy atom. The van der Waals surface area contributed by atoms with Crippen LogP contribution in [0.15, 0.2) is 12.1 Å². The maximum atomic E-state index is 12.0. The van der Waals surface area contributed by atoms with Crippen LogP contribution in [0.2, 0.25) is 0 Å². The summed E-state index contributed by atoms with van der Waals surface area (Å²) in [6.07, 6.45) is 0. The van der Waals surface area contributed by atoms with Crippen LogP contribution >= 0.6 is 0 Å². The highest BCUT2D eigenvalue weighted by molar-refractivity contribution is 5.98. The standard InChI is InChI=1S/C14H17NO5/c1-8-10(19-6-11(16)17)5-4-9-12(8)20-14(2,3)7-15-13(9)18/h4-5H,6-7H2,1-3H3,(H,15,18)(H,16,17). The zero-order valence-electron chi connectivity index (χ0n) is 11.6. The Morgan fingerprint density at radius 1 is 1.50 bits per heavy atom. The average molecular weight is 279 g/mol. The molecule has 0 spiro atoms. The predicted molar refractivity (Wildman–Crippen MR) is 71.4 cm³/mol. The summed E-state index contributed by atoms with van der Waals surface area (Å²) in [5.41, 5.74) is 0.501. The van der Waals surface area contributed by atoms with E-state index >= 15 is 0 Å². The van der Waals surface area contributed by atoms with E-state index in [1.54, 1.807) is 19.1 Å². The molecule has 1 amide bonds. The summed E-state index contributed by atoms with van der Waals surface area (Å²) in [5.74, 6) is -0.429. The number of amides is 1. The Morgan fingerprint density at radius 3 is 2.85 bits per heavy atom. The summed E-state index contributed by atoms with van der Waals surface area (Å²) in [4.78, 5) is 22.6. The number of hydrogen-bond donors (Lipinski definition) is 2. The molecule has 1 aliphatic rings. The lowest BCUT2D eigenvalue weighted by molar-refractivity contribution is -0.139. The minimum absolute atomic E-state index is 0.210. The van der Waals surface area contributed by atoms with Crippen LogP contribution in [0.1, 0.15) is 29.8 Å². The summed E-state index contributed by atoms with van der Waals surface area (Å²) < 4.78 is 11.1. The summed E-state index contributed by atoms with van der Waals surface area (Å²) in [7, 11) is 0. The molecule has 0 unspecified atom stereocenters. The molecule has 0 saturated carbocycles. The third-order valence-electron chi connectivity index (χ3n) is 3.00. The smallest absolute Gasteiger partial charge is 0.341 e. The van der Waals surface area contributed by atoms with Crippen LogP contribution in [-0.4, -0.2) is 35.7 Å². The van der Waals surface area contributed by atoms with Crippen molar-refractivity contribution in [1.29, 1.82) is 0 Å². The second-order valence-electron chi connectivity index (χ2n) is 5.29. The fraction of sp³-hybridized carbons (Fsp3) is 0.429. The molecule has 1 heterocycles. The lowest BCUT2D eigenvalue weighted by atomic mass is 10.1. The summed E-state index contributed by atoms with van der Waals surface area (Å²) in [6, 6.07) is 3.16. The summed E-state index contributed by atoms with van der Waals surface area (Å²) in [5, 5.41) is 11.4. The molecule has 1 aromatic carbocycles. The quantitative estimate of drug-likeness (QED) is 0.872.